The van der Waals surface area contributed by atoms with E-state index >= 15 is 0 Å². The molecule has 6 heteroatoms. The molecule has 5 nitrogen and oxygen atoms in total. The summed E-state index contributed by atoms with van der Waals surface area (Å²) in [7, 11) is -3.92. The first-order valence-electron chi connectivity index (χ1n) is 5.96. The van der Waals surface area contributed by atoms with Crippen LogP contribution in [0, 0.1) is 13.8 Å². The van der Waals surface area contributed by atoms with E-state index in [1.807, 2.05) is 13.0 Å². The average molecular weight is 292 g/mol. The van der Waals surface area contributed by atoms with E-state index in [0.717, 1.165) is 11.1 Å². The second-order valence-electron chi connectivity index (χ2n) is 4.60. The number of benzene rings is 2. The molecule has 0 amide bonds. The van der Waals surface area contributed by atoms with Crippen LogP contribution in [-0.4, -0.2) is 8.42 Å². The Morgan fingerprint density at radius 3 is 2.25 bits per heavy atom. The molecule has 0 radical (unpaired) electrons. The Bertz CT molecular complexity index is 755. The van der Waals surface area contributed by atoms with Crippen LogP contribution in [0.4, 0.5) is 11.4 Å². The Morgan fingerprint density at radius 2 is 1.65 bits per heavy atom. The monoisotopic (exact) mass is 292 g/mol. The second kappa shape index (κ2) is 5.05. The van der Waals surface area contributed by atoms with E-state index in [9.17, 15) is 8.42 Å². The number of hydrogen-bond donors (Lipinski definition) is 2. The lowest BCUT2D eigenvalue weighted by Crippen LogP contribution is -2.11. The number of aryl methyl sites for hydroxylation is 2. The minimum atomic E-state index is -3.92. The van der Waals surface area contributed by atoms with Gasteiger partial charge in [0.05, 0.1) is 11.4 Å². The molecule has 0 fully saturated rings. The zero-order valence-corrected chi connectivity index (χ0v) is 12.1. The van der Waals surface area contributed by atoms with Gasteiger partial charge in [0, 0.05) is 0 Å². The first-order valence-corrected chi connectivity index (χ1v) is 7.37. The third kappa shape index (κ3) is 2.85. The molecule has 0 heterocycles. The normalized spacial score (nSPS) is 11.3. The number of hydrogen-bond acceptors (Lipinski definition) is 5. The van der Waals surface area contributed by atoms with Crippen molar-refractivity contribution in [1.29, 1.82) is 0 Å². The summed E-state index contributed by atoms with van der Waals surface area (Å²) in [5.41, 5.74) is 13.5. The molecule has 4 N–H and O–H groups in total. The van der Waals surface area contributed by atoms with E-state index in [2.05, 4.69) is 0 Å². The third-order valence-electron chi connectivity index (χ3n) is 2.88. The highest BCUT2D eigenvalue weighted by molar-refractivity contribution is 7.87. The van der Waals surface area contributed by atoms with Crippen molar-refractivity contribution in [3.63, 3.8) is 0 Å². The van der Waals surface area contributed by atoms with Crippen LogP contribution in [-0.2, 0) is 10.1 Å². The topological polar surface area (TPSA) is 95.4 Å². The van der Waals surface area contributed by atoms with Crippen LogP contribution >= 0.6 is 0 Å². The summed E-state index contributed by atoms with van der Waals surface area (Å²) in [5, 5.41) is 0. The minimum Gasteiger partial charge on any atom is -0.397 e. The minimum absolute atomic E-state index is 0.0239. The molecule has 0 saturated heterocycles. The van der Waals surface area contributed by atoms with E-state index in [-0.39, 0.29) is 10.6 Å². The van der Waals surface area contributed by atoms with Crippen LogP contribution < -0.4 is 15.7 Å². The fourth-order valence-corrected chi connectivity index (χ4v) is 2.79. The predicted octanol–water partition coefficient (Wildman–Crippen LogP) is 2.24. The van der Waals surface area contributed by atoms with E-state index < -0.39 is 10.1 Å². The molecule has 0 aliphatic carbocycles. The Morgan fingerprint density at radius 1 is 0.950 bits per heavy atom. The van der Waals surface area contributed by atoms with Gasteiger partial charge >= 0.3 is 10.1 Å². The Kier molecular flexibility index (Phi) is 3.59. The molecule has 0 aromatic heterocycles. The van der Waals surface area contributed by atoms with Crippen molar-refractivity contribution >= 4 is 21.5 Å². The summed E-state index contributed by atoms with van der Waals surface area (Å²) < 4.78 is 29.5. The Balaban J connectivity index is 2.38. The molecular formula is C14H16N2O3S. The predicted molar refractivity (Wildman–Crippen MR) is 79.0 cm³/mol. The number of nitrogens with two attached hydrogens (primary N) is 2. The summed E-state index contributed by atoms with van der Waals surface area (Å²) in [6.07, 6.45) is 0. The lowest BCUT2D eigenvalue weighted by Gasteiger charge is -2.11. The van der Waals surface area contributed by atoms with Gasteiger partial charge in [-0.3, -0.25) is 0 Å². The van der Waals surface area contributed by atoms with Crippen molar-refractivity contribution in [3.8, 4) is 5.75 Å². The van der Waals surface area contributed by atoms with Crippen LogP contribution in [0.25, 0.3) is 0 Å². The highest BCUT2D eigenvalue weighted by Crippen LogP contribution is 2.25. The summed E-state index contributed by atoms with van der Waals surface area (Å²) in [6, 6.07) is 9.35. The molecule has 0 spiro atoms. The first-order chi connectivity index (χ1) is 9.29. The van der Waals surface area contributed by atoms with E-state index in [4.69, 9.17) is 15.7 Å². The fraction of sp³-hybridized carbons (Fsp3) is 0.143. The van der Waals surface area contributed by atoms with Gasteiger partial charge in [-0.15, -0.1) is 0 Å². The molecule has 2 rings (SSSR count). The summed E-state index contributed by atoms with van der Waals surface area (Å²) >= 11 is 0. The largest absolute Gasteiger partial charge is 0.397 e. The highest BCUT2D eigenvalue weighted by atomic mass is 32.2. The highest BCUT2D eigenvalue weighted by Gasteiger charge is 2.18. The zero-order chi connectivity index (χ0) is 14.9. The van der Waals surface area contributed by atoms with Gasteiger partial charge in [-0.2, -0.15) is 8.42 Å². The third-order valence-corrected chi connectivity index (χ3v) is 4.11. The number of nitrogen functional groups attached to an aromatic ring is 2. The fourth-order valence-electron chi connectivity index (χ4n) is 1.77. The molecule has 0 aliphatic rings. The van der Waals surface area contributed by atoms with Crippen molar-refractivity contribution in [3.05, 3.63) is 47.5 Å². The maximum absolute atomic E-state index is 12.2. The van der Waals surface area contributed by atoms with Crippen molar-refractivity contribution in [2.75, 3.05) is 11.5 Å². The molecule has 20 heavy (non-hydrogen) atoms. The molecule has 0 bridgehead atoms. The lowest BCUT2D eigenvalue weighted by molar-refractivity contribution is 0.484. The Hall–Kier alpha value is -2.21. The van der Waals surface area contributed by atoms with Crippen LogP contribution in [0.15, 0.2) is 41.3 Å². The van der Waals surface area contributed by atoms with Crippen LogP contribution in [0.1, 0.15) is 11.1 Å². The van der Waals surface area contributed by atoms with Gasteiger partial charge in [-0.1, -0.05) is 17.7 Å². The molecule has 0 unspecified atom stereocenters. The van der Waals surface area contributed by atoms with Gasteiger partial charge in [-0.25, -0.2) is 0 Å². The van der Waals surface area contributed by atoms with Crippen LogP contribution in [0.2, 0.25) is 0 Å². The number of anilines is 2. The van der Waals surface area contributed by atoms with Crippen molar-refractivity contribution in [2.24, 2.45) is 0 Å². The van der Waals surface area contributed by atoms with Crippen molar-refractivity contribution in [1.82, 2.24) is 0 Å². The molecule has 0 saturated carbocycles. The van der Waals surface area contributed by atoms with Crippen LogP contribution in [0.3, 0.4) is 0 Å². The lowest BCUT2D eigenvalue weighted by atomic mass is 10.1. The standard InChI is InChI=1S/C14H16N2O3S/c1-9-3-6-14(10(2)7-9)19-20(17,18)11-4-5-12(15)13(16)8-11/h3-8H,15-16H2,1-2H3. The van der Waals surface area contributed by atoms with E-state index in [1.165, 1.54) is 18.2 Å². The van der Waals surface area contributed by atoms with Gasteiger partial charge in [-0.05, 0) is 43.7 Å². The van der Waals surface area contributed by atoms with Crippen LogP contribution in [0.5, 0.6) is 5.75 Å². The van der Waals surface area contributed by atoms with Gasteiger partial charge in [0.25, 0.3) is 0 Å². The first kappa shape index (κ1) is 14.2. The average Bonchev–Trinajstić information content (AvgIpc) is 2.36. The van der Waals surface area contributed by atoms with E-state index in [1.54, 1.807) is 19.1 Å². The van der Waals surface area contributed by atoms with Gasteiger partial charge < -0.3 is 15.7 Å². The molecule has 106 valence electrons. The van der Waals surface area contributed by atoms with Gasteiger partial charge in [0.15, 0.2) is 0 Å². The quantitative estimate of drug-likeness (QED) is 0.668. The molecular weight excluding hydrogens is 276 g/mol. The number of rotatable bonds is 3. The molecule has 2 aromatic carbocycles. The molecule has 0 atom stereocenters. The summed E-state index contributed by atoms with van der Waals surface area (Å²) in [4.78, 5) is -0.0239. The summed E-state index contributed by atoms with van der Waals surface area (Å²) in [6.45, 7) is 3.71. The maximum Gasteiger partial charge on any atom is 0.339 e. The van der Waals surface area contributed by atoms with Crippen molar-refractivity contribution in [2.45, 2.75) is 18.7 Å². The molecule has 0 aliphatic heterocycles. The summed E-state index contributed by atoms with van der Waals surface area (Å²) in [5.74, 6) is 0.297. The van der Waals surface area contributed by atoms with Crippen molar-refractivity contribution < 1.29 is 12.6 Å². The smallest absolute Gasteiger partial charge is 0.339 e. The van der Waals surface area contributed by atoms with E-state index in [0.29, 0.717) is 11.4 Å². The SMILES string of the molecule is Cc1ccc(OS(=O)(=O)c2ccc(N)c(N)c2)c(C)c1. The molecule has 2 aromatic rings. The second-order valence-corrected chi connectivity index (χ2v) is 6.14. The zero-order valence-electron chi connectivity index (χ0n) is 11.3. The Labute approximate surface area is 118 Å². The van der Waals surface area contributed by atoms with Gasteiger partial charge in [0.1, 0.15) is 10.6 Å². The maximum atomic E-state index is 12.2. The van der Waals surface area contributed by atoms with Gasteiger partial charge in [0.2, 0.25) is 0 Å².